The fourth-order valence-corrected chi connectivity index (χ4v) is 3.47. The van der Waals surface area contributed by atoms with Crippen molar-refractivity contribution in [2.75, 3.05) is 18.3 Å². The molecule has 1 saturated heterocycles. The first-order valence-corrected chi connectivity index (χ1v) is 9.18. The smallest absolute Gasteiger partial charge is 0.162 e. The number of aromatic nitrogens is 2. The molecule has 0 bridgehead atoms. The van der Waals surface area contributed by atoms with Crippen molar-refractivity contribution >= 4 is 39.0 Å². The zero-order valence-corrected chi connectivity index (χ0v) is 15.7. The number of benzene rings is 1. The summed E-state index contributed by atoms with van der Waals surface area (Å²) in [5.41, 5.74) is 0.603. The Morgan fingerprint density at radius 3 is 3.15 bits per heavy atom. The summed E-state index contributed by atoms with van der Waals surface area (Å²) in [4.78, 5) is 8.28. The van der Waals surface area contributed by atoms with E-state index in [1.807, 2.05) is 6.07 Å². The Balaban J connectivity index is 1.79. The minimum Gasteiger partial charge on any atom is -0.367 e. The number of nitrogens with zero attached hydrogens (tertiary/aromatic N) is 4. The fraction of sp³-hybridized carbons (Fsp3) is 0.350. The molecule has 2 aromatic heterocycles. The Hall–Kier alpha value is -2.20. The molecule has 1 N–H and O–H groups in total. The lowest BCUT2D eigenvalue weighted by Gasteiger charge is -2.32. The van der Waals surface area contributed by atoms with Gasteiger partial charge in [0.25, 0.3) is 0 Å². The van der Waals surface area contributed by atoms with E-state index in [-0.39, 0.29) is 37.5 Å². The van der Waals surface area contributed by atoms with Gasteiger partial charge in [-0.05, 0) is 43.0 Å². The molecule has 0 unspecified atom stereocenters. The molecule has 0 amide bonds. The highest BCUT2D eigenvalue weighted by atomic mass is 35.5. The molecule has 0 spiro atoms. The number of hydrogen-bond acceptors (Lipinski definition) is 6. The van der Waals surface area contributed by atoms with Crippen LogP contribution in [0.2, 0.25) is 5.75 Å². The molecule has 7 heteroatoms. The highest BCUT2D eigenvalue weighted by Gasteiger charge is 2.20. The Bertz CT molecular complexity index is 1420. The maximum Gasteiger partial charge on any atom is 0.162 e. The second-order valence-electron chi connectivity index (χ2n) is 5.76. The average Bonchev–Trinajstić information content (AvgIpc) is 3.03. The quantitative estimate of drug-likeness (QED) is 0.684. The molecular weight excluding hydrogens is 378 g/mol. The van der Waals surface area contributed by atoms with Crippen molar-refractivity contribution in [3.63, 3.8) is 0 Å². The fourth-order valence-electron chi connectivity index (χ4n) is 2.51. The first-order chi connectivity index (χ1) is 16.9. The third-order valence-corrected chi connectivity index (χ3v) is 5.00. The van der Waals surface area contributed by atoms with Crippen LogP contribution in [0.1, 0.15) is 41.9 Å². The van der Waals surface area contributed by atoms with E-state index in [9.17, 15) is 5.26 Å². The topological polar surface area (TPSA) is 64.8 Å². The van der Waals surface area contributed by atoms with Crippen molar-refractivity contribution in [2.24, 2.45) is 0 Å². The van der Waals surface area contributed by atoms with Gasteiger partial charge >= 0.3 is 0 Å². The van der Waals surface area contributed by atoms with Crippen molar-refractivity contribution in [2.45, 2.75) is 32.3 Å². The summed E-state index contributed by atoms with van der Waals surface area (Å²) >= 11 is 6.92. The van der Waals surface area contributed by atoms with E-state index >= 15 is 0 Å². The second-order valence-corrected chi connectivity index (χ2v) is 7.37. The molecule has 1 fully saturated rings. The normalized spacial score (nSPS) is 26.6. The van der Waals surface area contributed by atoms with E-state index in [0.717, 1.165) is 11.3 Å². The van der Waals surface area contributed by atoms with Gasteiger partial charge in [-0.25, -0.2) is 9.97 Å². The summed E-state index contributed by atoms with van der Waals surface area (Å²) in [7, 11) is 0. The van der Waals surface area contributed by atoms with Crippen molar-refractivity contribution in [1.82, 2.24) is 14.9 Å². The zero-order valence-electron chi connectivity index (χ0n) is 24.2. The van der Waals surface area contributed by atoms with Crippen LogP contribution in [0, 0.1) is 18.3 Å². The van der Waals surface area contributed by atoms with Crippen molar-refractivity contribution in [1.29, 1.82) is 5.26 Å². The second kappa shape index (κ2) is 7.81. The molecule has 1 aliphatic heterocycles. The van der Waals surface area contributed by atoms with Crippen LogP contribution in [-0.4, -0.2) is 33.9 Å². The van der Waals surface area contributed by atoms with Gasteiger partial charge < -0.3 is 5.31 Å². The Morgan fingerprint density at radius 2 is 2.37 bits per heavy atom. The van der Waals surface area contributed by atoms with Gasteiger partial charge in [0.2, 0.25) is 0 Å². The van der Waals surface area contributed by atoms with Gasteiger partial charge in [-0.3, -0.25) is 4.90 Å². The number of thiophene rings is 1. The van der Waals surface area contributed by atoms with E-state index < -0.39 is 44.7 Å². The first-order valence-electron chi connectivity index (χ1n) is 12.9. The van der Waals surface area contributed by atoms with Gasteiger partial charge in [0.15, 0.2) is 1.41 Å². The average molecular weight is 408 g/mol. The lowest BCUT2D eigenvalue weighted by molar-refractivity contribution is 0.211. The maximum atomic E-state index is 9.35. The van der Waals surface area contributed by atoms with Crippen LogP contribution >= 0.6 is 22.9 Å². The van der Waals surface area contributed by atoms with Crippen LogP contribution in [0.5, 0.6) is 0 Å². The van der Waals surface area contributed by atoms with E-state index in [1.54, 1.807) is 6.92 Å². The van der Waals surface area contributed by atoms with Crippen LogP contribution < -0.4 is 5.31 Å². The highest BCUT2D eigenvalue weighted by molar-refractivity contribution is 7.22. The lowest BCUT2D eigenvalue weighted by Crippen LogP contribution is -2.38. The van der Waals surface area contributed by atoms with E-state index in [1.165, 1.54) is 18.2 Å². The molecule has 138 valence electrons. The van der Waals surface area contributed by atoms with Gasteiger partial charge in [0, 0.05) is 33.7 Å². The molecule has 0 aliphatic carbocycles. The minimum atomic E-state index is -2.80. The zero-order chi connectivity index (χ0) is 27.7. The number of fused-ring (bicyclic) bond motifs is 1. The third kappa shape index (κ3) is 4.06. The van der Waals surface area contributed by atoms with Gasteiger partial charge in [0.1, 0.15) is 18.3 Å². The number of halogens is 1. The number of aryl methyl sites for hydroxylation is 1. The number of hydrogen-bond donors (Lipinski definition) is 1. The number of rotatable bonds is 4. The van der Waals surface area contributed by atoms with Crippen LogP contribution in [-0.2, 0) is 6.50 Å². The number of piperidine rings is 1. The number of likely N-dealkylation sites (tertiary alicyclic amines) is 1. The molecule has 0 atom stereocenters. The van der Waals surface area contributed by atoms with Gasteiger partial charge in [-0.1, -0.05) is 23.7 Å². The van der Waals surface area contributed by atoms with Gasteiger partial charge in [-0.15, -0.1) is 11.3 Å². The lowest BCUT2D eigenvalue weighted by atomic mass is 10.0. The van der Waals surface area contributed by atoms with E-state index in [0.29, 0.717) is 15.8 Å². The number of nitriles is 1. The first kappa shape index (κ1) is 9.83. The minimum absolute atomic E-state index is 0.0183. The Kier molecular flexibility index (Phi) is 2.84. The SMILES string of the molecule is [2H]c1nc(N([2H])C2([2H])CC([2H])([2H])N(C([2H])([2H])c3ccc(C)c(C#N)c3)C([2H])([2H])C2)c2c([2H])c(Cl)sc2n1. The molecule has 1 aromatic carbocycles. The summed E-state index contributed by atoms with van der Waals surface area (Å²) in [6.07, 6.45) is -2.21. The highest BCUT2D eigenvalue weighted by Crippen LogP contribution is 2.32. The largest absolute Gasteiger partial charge is 0.367 e. The summed E-state index contributed by atoms with van der Waals surface area (Å²) in [6, 6.07) is 3.47. The summed E-state index contributed by atoms with van der Waals surface area (Å²) in [5.74, 6) is -0.363. The predicted molar refractivity (Wildman–Crippen MR) is 110 cm³/mol. The molecular formula is C20H20ClN5S. The monoisotopic (exact) mass is 407 g/mol. The van der Waals surface area contributed by atoms with Crippen molar-refractivity contribution in [3.05, 3.63) is 51.6 Å². The van der Waals surface area contributed by atoms with Gasteiger partial charge in [-0.2, -0.15) is 5.26 Å². The van der Waals surface area contributed by atoms with Crippen LogP contribution in [0.3, 0.4) is 0 Å². The van der Waals surface area contributed by atoms with Crippen molar-refractivity contribution in [3.8, 4) is 6.07 Å². The molecule has 4 rings (SSSR count). The van der Waals surface area contributed by atoms with E-state index in [2.05, 4.69) is 9.97 Å². The molecule has 0 saturated carbocycles. The molecule has 3 heterocycles. The summed E-state index contributed by atoms with van der Waals surface area (Å²) in [6.45, 7) is -6.66. The predicted octanol–water partition coefficient (Wildman–Crippen LogP) is 4.60. The molecule has 27 heavy (non-hydrogen) atoms. The molecule has 5 nitrogen and oxygen atoms in total. The third-order valence-electron chi connectivity index (χ3n) is 3.90. The van der Waals surface area contributed by atoms with E-state index in [4.69, 9.17) is 25.3 Å². The van der Waals surface area contributed by atoms with Gasteiger partial charge in [0.05, 0.1) is 24.1 Å². The van der Waals surface area contributed by atoms with Crippen LogP contribution in [0.4, 0.5) is 5.82 Å². The maximum absolute atomic E-state index is 9.35. The standard InChI is InChI=1S/C20H20ClN5S/c1-13-2-3-14(8-15(13)10-22)11-26-6-4-16(5-7-26)25-19-17-9-18(21)27-20(17)24-12-23-19/h2-3,8-9,12,16H,4-7,11H2,1H3,(H,23,24,25)/i6D2,7D2,9D,11D2,12D,16D/hD. The van der Waals surface area contributed by atoms with Crippen LogP contribution in [0.15, 0.2) is 30.5 Å². The molecule has 0 radical (unpaired) electrons. The Labute approximate surface area is 181 Å². The summed E-state index contributed by atoms with van der Waals surface area (Å²) < 4.78 is 85.6. The Morgan fingerprint density at radius 1 is 1.56 bits per heavy atom. The van der Waals surface area contributed by atoms with Crippen molar-refractivity contribution < 1.29 is 13.7 Å². The number of nitrogens with one attached hydrogen (secondary N) is 1. The number of anilines is 1. The molecule has 1 aliphatic rings. The summed E-state index contributed by atoms with van der Waals surface area (Å²) in [5, 5.41) is 9.79. The van der Waals surface area contributed by atoms with Crippen LogP contribution in [0.25, 0.3) is 10.2 Å². The molecule has 3 aromatic rings.